The lowest BCUT2D eigenvalue weighted by Gasteiger charge is -2.08. The number of nitrogens with two attached hydrogens (primary N) is 1. The van der Waals surface area contributed by atoms with Crippen LogP contribution in [0.3, 0.4) is 0 Å². The summed E-state index contributed by atoms with van der Waals surface area (Å²) < 4.78 is 6.62. The molecule has 2 heterocycles. The van der Waals surface area contributed by atoms with Crippen LogP contribution < -0.4 is 10.5 Å². The first-order valence-corrected chi connectivity index (χ1v) is 7.43. The van der Waals surface area contributed by atoms with Crippen molar-refractivity contribution in [3.63, 3.8) is 0 Å². The Kier molecular flexibility index (Phi) is 3.66. The lowest BCUT2D eigenvalue weighted by molar-refractivity contribution is 0.221. The second-order valence-electron chi connectivity index (χ2n) is 4.81. The van der Waals surface area contributed by atoms with E-state index in [-0.39, 0.29) is 18.1 Å². The molecule has 0 saturated heterocycles. The monoisotopic (exact) mass is 301 g/mol. The molecule has 0 saturated carbocycles. The number of nitrogen functional groups attached to an aromatic ring is 1. The Labute approximate surface area is 126 Å². The first-order valence-electron chi connectivity index (χ1n) is 6.61. The average molecular weight is 301 g/mol. The van der Waals surface area contributed by atoms with Crippen LogP contribution in [-0.2, 0) is 6.42 Å². The summed E-state index contributed by atoms with van der Waals surface area (Å²) in [6.07, 6.45) is 0.502. The van der Waals surface area contributed by atoms with Crippen molar-refractivity contribution in [2.24, 2.45) is 0 Å². The number of thiazole rings is 1. The standard InChI is InChI=1S/C14H15N5OS/c1-8(2)20-14-18-11(17-13(15)19-14)7-12-16-9-5-3-4-6-10(9)21-12/h3-6,8H,7H2,1-2H3,(H2,15,17,18,19). The van der Waals surface area contributed by atoms with Gasteiger partial charge in [0.15, 0.2) is 0 Å². The first kappa shape index (κ1) is 13.7. The summed E-state index contributed by atoms with van der Waals surface area (Å²) >= 11 is 1.62. The summed E-state index contributed by atoms with van der Waals surface area (Å²) in [4.78, 5) is 17.0. The van der Waals surface area contributed by atoms with E-state index in [9.17, 15) is 0 Å². The topological polar surface area (TPSA) is 86.8 Å². The number of nitrogens with zero attached hydrogens (tertiary/aromatic N) is 4. The molecule has 2 aromatic heterocycles. The smallest absolute Gasteiger partial charge is 0.321 e. The fourth-order valence-corrected chi connectivity index (χ4v) is 2.85. The van der Waals surface area contributed by atoms with E-state index in [1.165, 1.54) is 0 Å². The van der Waals surface area contributed by atoms with Gasteiger partial charge in [-0.15, -0.1) is 11.3 Å². The maximum Gasteiger partial charge on any atom is 0.321 e. The molecule has 21 heavy (non-hydrogen) atoms. The summed E-state index contributed by atoms with van der Waals surface area (Å²) in [7, 11) is 0. The van der Waals surface area contributed by atoms with Crippen molar-refractivity contribution in [1.82, 2.24) is 19.9 Å². The van der Waals surface area contributed by atoms with E-state index in [2.05, 4.69) is 19.9 Å². The highest BCUT2D eigenvalue weighted by Crippen LogP contribution is 2.23. The Morgan fingerprint density at radius 2 is 1.95 bits per heavy atom. The fourth-order valence-electron chi connectivity index (χ4n) is 1.89. The molecule has 3 aromatic rings. The summed E-state index contributed by atoms with van der Waals surface area (Å²) in [5.41, 5.74) is 6.69. The summed E-state index contributed by atoms with van der Waals surface area (Å²) in [5, 5.41) is 0.942. The zero-order chi connectivity index (χ0) is 14.8. The number of para-hydroxylation sites is 1. The van der Waals surface area contributed by atoms with Crippen LogP contribution in [0, 0.1) is 0 Å². The molecule has 6 nitrogen and oxygen atoms in total. The van der Waals surface area contributed by atoms with E-state index >= 15 is 0 Å². The molecule has 108 valence electrons. The predicted molar refractivity (Wildman–Crippen MR) is 82.4 cm³/mol. The molecule has 0 unspecified atom stereocenters. The zero-order valence-corrected chi connectivity index (χ0v) is 12.6. The van der Waals surface area contributed by atoms with Gasteiger partial charge in [0.2, 0.25) is 5.95 Å². The second kappa shape index (κ2) is 5.61. The van der Waals surface area contributed by atoms with Gasteiger partial charge in [-0.2, -0.15) is 15.0 Å². The molecule has 0 atom stereocenters. The summed E-state index contributed by atoms with van der Waals surface area (Å²) in [5.74, 6) is 0.731. The molecular weight excluding hydrogens is 286 g/mol. The quantitative estimate of drug-likeness (QED) is 0.796. The Hall–Kier alpha value is -2.28. The van der Waals surface area contributed by atoms with Gasteiger partial charge in [-0.3, -0.25) is 0 Å². The van der Waals surface area contributed by atoms with Crippen LogP contribution in [0.15, 0.2) is 24.3 Å². The van der Waals surface area contributed by atoms with Crippen LogP contribution in [0.1, 0.15) is 24.7 Å². The van der Waals surface area contributed by atoms with Crippen LogP contribution in [-0.4, -0.2) is 26.0 Å². The summed E-state index contributed by atoms with van der Waals surface area (Å²) in [6, 6.07) is 8.27. The van der Waals surface area contributed by atoms with Crippen LogP contribution in [0.25, 0.3) is 10.2 Å². The van der Waals surface area contributed by atoms with Gasteiger partial charge in [0.1, 0.15) is 10.8 Å². The summed E-state index contributed by atoms with van der Waals surface area (Å²) in [6.45, 7) is 3.82. The van der Waals surface area contributed by atoms with Crippen LogP contribution >= 0.6 is 11.3 Å². The maximum atomic E-state index is 5.70. The van der Waals surface area contributed by atoms with Crippen molar-refractivity contribution in [2.45, 2.75) is 26.4 Å². The lowest BCUT2D eigenvalue weighted by atomic mass is 10.3. The number of hydrogen-bond donors (Lipinski definition) is 1. The number of ether oxygens (including phenoxy) is 1. The molecule has 0 bridgehead atoms. The van der Waals surface area contributed by atoms with Gasteiger partial charge in [-0.05, 0) is 26.0 Å². The van der Waals surface area contributed by atoms with Crippen molar-refractivity contribution in [3.05, 3.63) is 35.1 Å². The van der Waals surface area contributed by atoms with E-state index in [0.717, 1.165) is 15.2 Å². The Bertz CT molecular complexity index is 738. The predicted octanol–water partition coefficient (Wildman–Crippen LogP) is 2.44. The van der Waals surface area contributed by atoms with Crippen molar-refractivity contribution >= 4 is 27.5 Å². The van der Waals surface area contributed by atoms with E-state index < -0.39 is 0 Å². The molecule has 7 heteroatoms. The minimum Gasteiger partial charge on any atom is -0.461 e. The molecule has 0 radical (unpaired) electrons. The van der Waals surface area contributed by atoms with Crippen molar-refractivity contribution < 1.29 is 4.74 Å². The van der Waals surface area contributed by atoms with Crippen molar-refractivity contribution in [2.75, 3.05) is 5.73 Å². The zero-order valence-electron chi connectivity index (χ0n) is 11.8. The van der Waals surface area contributed by atoms with Crippen LogP contribution in [0.4, 0.5) is 5.95 Å². The highest BCUT2D eigenvalue weighted by molar-refractivity contribution is 7.18. The minimum absolute atomic E-state index is 0.0119. The van der Waals surface area contributed by atoms with Crippen LogP contribution in [0.5, 0.6) is 6.01 Å². The molecule has 0 aliphatic carbocycles. The Balaban J connectivity index is 1.88. The second-order valence-corrected chi connectivity index (χ2v) is 5.93. The SMILES string of the molecule is CC(C)Oc1nc(N)nc(Cc2nc3ccccc3s2)n1. The normalized spacial score (nSPS) is 11.2. The molecule has 0 amide bonds. The van der Waals surface area contributed by atoms with Gasteiger partial charge in [0, 0.05) is 0 Å². The molecule has 0 spiro atoms. The maximum absolute atomic E-state index is 5.70. The molecule has 0 fully saturated rings. The van der Waals surface area contributed by atoms with Crippen LogP contribution in [0.2, 0.25) is 0 Å². The highest BCUT2D eigenvalue weighted by Gasteiger charge is 2.10. The van der Waals surface area contributed by atoms with E-state index in [4.69, 9.17) is 10.5 Å². The fraction of sp³-hybridized carbons (Fsp3) is 0.286. The van der Waals surface area contributed by atoms with Gasteiger partial charge in [0.25, 0.3) is 0 Å². The highest BCUT2D eigenvalue weighted by atomic mass is 32.1. The van der Waals surface area contributed by atoms with Gasteiger partial charge < -0.3 is 10.5 Å². The molecule has 2 N–H and O–H groups in total. The van der Waals surface area contributed by atoms with E-state index in [0.29, 0.717) is 12.2 Å². The first-order chi connectivity index (χ1) is 10.1. The van der Waals surface area contributed by atoms with Gasteiger partial charge >= 0.3 is 6.01 Å². The van der Waals surface area contributed by atoms with E-state index in [1.54, 1.807) is 11.3 Å². The average Bonchev–Trinajstić information content (AvgIpc) is 2.78. The molecule has 1 aromatic carbocycles. The number of rotatable bonds is 4. The molecular formula is C14H15N5OS. The molecule has 0 aliphatic heterocycles. The largest absolute Gasteiger partial charge is 0.461 e. The van der Waals surface area contributed by atoms with Crippen molar-refractivity contribution in [3.8, 4) is 6.01 Å². The molecule has 3 rings (SSSR count). The Morgan fingerprint density at radius 3 is 2.71 bits per heavy atom. The van der Waals surface area contributed by atoms with Gasteiger partial charge in [-0.1, -0.05) is 12.1 Å². The molecule has 0 aliphatic rings. The third kappa shape index (κ3) is 3.25. The Morgan fingerprint density at radius 1 is 1.14 bits per heavy atom. The number of anilines is 1. The third-order valence-corrected chi connectivity index (χ3v) is 3.70. The van der Waals surface area contributed by atoms with Gasteiger partial charge in [-0.25, -0.2) is 4.98 Å². The van der Waals surface area contributed by atoms with Crippen molar-refractivity contribution in [1.29, 1.82) is 0 Å². The van der Waals surface area contributed by atoms with Gasteiger partial charge in [0.05, 0.1) is 22.7 Å². The number of aromatic nitrogens is 4. The minimum atomic E-state index is -0.0119. The van der Waals surface area contributed by atoms with E-state index in [1.807, 2.05) is 38.1 Å². The lowest BCUT2D eigenvalue weighted by Crippen LogP contribution is -2.12. The third-order valence-electron chi connectivity index (χ3n) is 2.67. The number of benzene rings is 1. The number of hydrogen-bond acceptors (Lipinski definition) is 7. The number of fused-ring (bicyclic) bond motifs is 1.